The summed E-state index contributed by atoms with van der Waals surface area (Å²) in [4.78, 5) is 2.27. The molecule has 3 nitrogen and oxygen atoms in total. The molecule has 1 heterocycles. The van der Waals surface area contributed by atoms with Crippen molar-refractivity contribution in [2.45, 2.75) is 32.2 Å². The van der Waals surface area contributed by atoms with Crippen molar-refractivity contribution in [1.29, 1.82) is 0 Å². The average Bonchev–Trinajstić information content (AvgIpc) is 2.15. The first-order chi connectivity index (χ1) is 6.46. The standard InChI is InChI=1S/C9H16ClNO2S/c1-3-11-7-5-4-6-9(11)8(2)14(10,12)13/h9H,2-7H2,1H3. The predicted molar refractivity (Wildman–Crippen MR) is 58.8 cm³/mol. The highest BCUT2D eigenvalue weighted by atomic mass is 35.7. The van der Waals surface area contributed by atoms with E-state index in [2.05, 4.69) is 11.5 Å². The van der Waals surface area contributed by atoms with Crippen LogP contribution >= 0.6 is 10.7 Å². The zero-order valence-electron chi connectivity index (χ0n) is 8.37. The molecule has 1 atom stereocenters. The van der Waals surface area contributed by atoms with Gasteiger partial charge in [0, 0.05) is 16.7 Å². The van der Waals surface area contributed by atoms with Crippen molar-refractivity contribution in [3.05, 3.63) is 11.5 Å². The summed E-state index contributed by atoms with van der Waals surface area (Å²) in [6.07, 6.45) is 3.02. The quantitative estimate of drug-likeness (QED) is 0.704. The van der Waals surface area contributed by atoms with E-state index in [0.29, 0.717) is 0 Å². The summed E-state index contributed by atoms with van der Waals surface area (Å²) in [7, 11) is 1.68. The van der Waals surface area contributed by atoms with Crippen molar-refractivity contribution in [2.24, 2.45) is 0 Å². The van der Waals surface area contributed by atoms with Gasteiger partial charge in [0.1, 0.15) is 0 Å². The lowest BCUT2D eigenvalue weighted by molar-refractivity contribution is 0.186. The van der Waals surface area contributed by atoms with Gasteiger partial charge in [-0.1, -0.05) is 19.9 Å². The summed E-state index contributed by atoms with van der Waals surface area (Å²) in [6.45, 7) is 7.39. The Morgan fingerprint density at radius 3 is 2.71 bits per heavy atom. The molecule has 0 radical (unpaired) electrons. The van der Waals surface area contributed by atoms with Gasteiger partial charge in [0.05, 0.1) is 4.91 Å². The molecule has 0 aromatic rings. The molecule has 82 valence electrons. The van der Waals surface area contributed by atoms with Gasteiger partial charge >= 0.3 is 0 Å². The Morgan fingerprint density at radius 2 is 2.21 bits per heavy atom. The maximum absolute atomic E-state index is 11.1. The van der Waals surface area contributed by atoms with E-state index >= 15 is 0 Å². The van der Waals surface area contributed by atoms with Crippen LogP contribution in [0.3, 0.4) is 0 Å². The molecule has 0 amide bonds. The molecule has 0 saturated carbocycles. The number of halogens is 1. The SMILES string of the molecule is C=C(C1CCCCN1CC)S(=O)(=O)Cl. The second-order valence-electron chi connectivity index (χ2n) is 3.54. The van der Waals surface area contributed by atoms with Crippen LogP contribution < -0.4 is 0 Å². The second-order valence-corrected chi connectivity index (χ2v) is 6.16. The molecule has 0 aromatic heterocycles. The van der Waals surface area contributed by atoms with Gasteiger partial charge in [-0.05, 0) is 25.9 Å². The smallest absolute Gasteiger partial charge is 0.258 e. The fraction of sp³-hybridized carbons (Fsp3) is 0.778. The van der Waals surface area contributed by atoms with Gasteiger partial charge in [-0.3, -0.25) is 4.90 Å². The fourth-order valence-electron chi connectivity index (χ4n) is 1.90. The molecular formula is C9H16ClNO2S. The van der Waals surface area contributed by atoms with E-state index in [9.17, 15) is 8.42 Å². The molecule has 1 unspecified atom stereocenters. The third-order valence-electron chi connectivity index (χ3n) is 2.70. The third kappa shape index (κ3) is 2.72. The van der Waals surface area contributed by atoms with E-state index in [1.807, 2.05) is 6.92 Å². The monoisotopic (exact) mass is 237 g/mol. The second kappa shape index (κ2) is 4.64. The van der Waals surface area contributed by atoms with Gasteiger partial charge in [0.2, 0.25) is 0 Å². The van der Waals surface area contributed by atoms with Crippen LogP contribution in [0.5, 0.6) is 0 Å². The van der Waals surface area contributed by atoms with Gasteiger partial charge in [-0.25, -0.2) is 8.42 Å². The zero-order valence-corrected chi connectivity index (χ0v) is 9.94. The molecule has 1 aliphatic heterocycles. The number of likely N-dealkylation sites (N-methyl/N-ethyl adjacent to an activating group) is 1. The highest BCUT2D eigenvalue weighted by molar-refractivity contribution is 8.16. The molecule has 0 spiro atoms. The van der Waals surface area contributed by atoms with Crippen molar-refractivity contribution in [2.75, 3.05) is 13.1 Å². The van der Waals surface area contributed by atoms with Crippen molar-refractivity contribution in [1.82, 2.24) is 4.90 Å². The number of likely N-dealkylation sites (tertiary alicyclic amines) is 1. The van der Waals surface area contributed by atoms with Crippen LogP contribution in [0, 0.1) is 0 Å². The Hall–Kier alpha value is -0.0600. The van der Waals surface area contributed by atoms with E-state index in [-0.39, 0.29) is 10.9 Å². The van der Waals surface area contributed by atoms with Gasteiger partial charge in [0.15, 0.2) is 0 Å². The Balaban J connectivity index is 2.79. The highest BCUT2D eigenvalue weighted by Gasteiger charge is 2.29. The van der Waals surface area contributed by atoms with Crippen molar-refractivity contribution < 1.29 is 8.42 Å². The molecule has 1 rings (SSSR count). The molecule has 1 saturated heterocycles. The van der Waals surface area contributed by atoms with E-state index in [1.165, 1.54) is 0 Å². The van der Waals surface area contributed by atoms with Gasteiger partial charge in [-0.2, -0.15) is 0 Å². The zero-order chi connectivity index (χ0) is 10.8. The summed E-state index contributed by atoms with van der Waals surface area (Å²) in [6, 6.07) is -0.0868. The van der Waals surface area contributed by atoms with Crippen LogP contribution in [0.4, 0.5) is 0 Å². The van der Waals surface area contributed by atoms with E-state index in [4.69, 9.17) is 10.7 Å². The van der Waals surface area contributed by atoms with Crippen LogP contribution in [-0.2, 0) is 9.05 Å². The normalized spacial score (nSPS) is 24.9. The minimum absolute atomic E-state index is 0.0868. The Morgan fingerprint density at radius 1 is 1.57 bits per heavy atom. The van der Waals surface area contributed by atoms with Gasteiger partial charge in [0.25, 0.3) is 9.05 Å². The lowest BCUT2D eigenvalue weighted by Crippen LogP contribution is -2.41. The first-order valence-corrected chi connectivity index (χ1v) is 7.15. The maximum atomic E-state index is 11.1. The first-order valence-electron chi connectivity index (χ1n) is 4.84. The summed E-state index contributed by atoms with van der Waals surface area (Å²) in [5.74, 6) is 0. The Labute approximate surface area is 90.2 Å². The largest absolute Gasteiger partial charge is 0.296 e. The summed E-state index contributed by atoms with van der Waals surface area (Å²) < 4.78 is 22.3. The average molecular weight is 238 g/mol. The van der Waals surface area contributed by atoms with Crippen LogP contribution in [0.25, 0.3) is 0 Å². The topological polar surface area (TPSA) is 37.4 Å². The lowest BCUT2D eigenvalue weighted by Gasteiger charge is -2.34. The third-order valence-corrected chi connectivity index (χ3v) is 4.20. The molecule has 0 aliphatic carbocycles. The minimum atomic E-state index is -3.61. The van der Waals surface area contributed by atoms with E-state index in [1.54, 1.807) is 0 Å². The number of piperidine rings is 1. The van der Waals surface area contributed by atoms with Gasteiger partial charge in [-0.15, -0.1) is 0 Å². The van der Waals surface area contributed by atoms with Crippen LogP contribution in [0.2, 0.25) is 0 Å². The highest BCUT2D eigenvalue weighted by Crippen LogP contribution is 2.26. The minimum Gasteiger partial charge on any atom is -0.296 e. The van der Waals surface area contributed by atoms with E-state index in [0.717, 1.165) is 32.4 Å². The molecular weight excluding hydrogens is 222 g/mol. The molecule has 0 aromatic carbocycles. The van der Waals surface area contributed by atoms with Crippen LogP contribution in [-0.4, -0.2) is 32.4 Å². The summed E-state index contributed by atoms with van der Waals surface area (Å²) in [5.41, 5.74) is 0. The molecule has 1 aliphatic rings. The number of nitrogens with zero attached hydrogens (tertiary/aromatic N) is 1. The summed E-state index contributed by atoms with van der Waals surface area (Å²) in [5, 5.41) is 0. The maximum Gasteiger partial charge on any atom is 0.258 e. The predicted octanol–water partition coefficient (Wildman–Crippen LogP) is 1.94. The number of hydrogen-bond donors (Lipinski definition) is 0. The van der Waals surface area contributed by atoms with E-state index < -0.39 is 9.05 Å². The first kappa shape index (κ1) is 12.0. The van der Waals surface area contributed by atoms with Gasteiger partial charge < -0.3 is 0 Å². The lowest BCUT2D eigenvalue weighted by atomic mass is 10.0. The fourth-order valence-corrected chi connectivity index (χ4v) is 2.80. The van der Waals surface area contributed by atoms with Crippen molar-refractivity contribution in [3.8, 4) is 0 Å². The number of rotatable bonds is 3. The number of hydrogen-bond acceptors (Lipinski definition) is 3. The Bertz CT molecular complexity index is 313. The molecule has 0 N–H and O–H groups in total. The van der Waals surface area contributed by atoms with Crippen LogP contribution in [0.1, 0.15) is 26.2 Å². The summed E-state index contributed by atoms with van der Waals surface area (Å²) >= 11 is 0. The molecule has 0 bridgehead atoms. The molecule has 1 fully saturated rings. The molecule has 14 heavy (non-hydrogen) atoms. The van der Waals surface area contributed by atoms with Crippen molar-refractivity contribution >= 4 is 19.7 Å². The Kier molecular flexibility index (Phi) is 3.98. The molecule has 5 heteroatoms. The van der Waals surface area contributed by atoms with Crippen LogP contribution in [0.15, 0.2) is 11.5 Å². The van der Waals surface area contributed by atoms with Crippen molar-refractivity contribution in [3.63, 3.8) is 0 Å².